The van der Waals surface area contributed by atoms with Gasteiger partial charge in [-0.1, -0.05) is 6.07 Å². The van der Waals surface area contributed by atoms with E-state index in [0.29, 0.717) is 17.9 Å². The molecule has 1 N–H and O–H groups in total. The second-order valence-corrected chi connectivity index (χ2v) is 4.35. The van der Waals surface area contributed by atoms with Crippen LogP contribution in [0.3, 0.4) is 0 Å². The predicted octanol–water partition coefficient (Wildman–Crippen LogP) is 2.05. The number of carboxylic acid groups (broad SMARTS) is 1. The van der Waals surface area contributed by atoms with Gasteiger partial charge in [0.25, 0.3) is 0 Å². The first-order chi connectivity index (χ1) is 9.08. The Balaban J connectivity index is 2.00. The SMILES string of the molecule is Cc1c(OCCc2cnn(C)c2)cccc1C(=O)O. The van der Waals surface area contributed by atoms with Crippen LogP contribution in [0.25, 0.3) is 0 Å². The summed E-state index contributed by atoms with van der Waals surface area (Å²) in [5.74, 6) is -0.320. The van der Waals surface area contributed by atoms with E-state index in [-0.39, 0.29) is 5.56 Å². The minimum Gasteiger partial charge on any atom is -0.493 e. The molecule has 0 unspecified atom stereocenters. The van der Waals surface area contributed by atoms with E-state index in [4.69, 9.17) is 9.84 Å². The molecule has 5 nitrogen and oxygen atoms in total. The van der Waals surface area contributed by atoms with Gasteiger partial charge in [0.15, 0.2) is 0 Å². The first-order valence-electron chi connectivity index (χ1n) is 6.01. The molecule has 0 saturated carbocycles. The molecule has 0 radical (unpaired) electrons. The second kappa shape index (κ2) is 5.56. The molecule has 0 aliphatic rings. The summed E-state index contributed by atoms with van der Waals surface area (Å²) in [7, 11) is 1.87. The van der Waals surface area contributed by atoms with Gasteiger partial charge in [-0.2, -0.15) is 5.10 Å². The van der Waals surface area contributed by atoms with Crippen LogP contribution >= 0.6 is 0 Å². The Hall–Kier alpha value is -2.30. The van der Waals surface area contributed by atoms with Crippen LogP contribution in [0.2, 0.25) is 0 Å². The van der Waals surface area contributed by atoms with Crippen molar-refractivity contribution in [3.63, 3.8) is 0 Å². The van der Waals surface area contributed by atoms with Crippen LogP contribution in [0.5, 0.6) is 5.75 Å². The van der Waals surface area contributed by atoms with Gasteiger partial charge in [0.05, 0.1) is 18.4 Å². The number of carbonyl (C=O) groups is 1. The summed E-state index contributed by atoms with van der Waals surface area (Å²) in [6.07, 6.45) is 4.47. The van der Waals surface area contributed by atoms with Crippen molar-refractivity contribution in [2.24, 2.45) is 7.05 Å². The van der Waals surface area contributed by atoms with Gasteiger partial charge in [0.1, 0.15) is 5.75 Å². The minimum atomic E-state index is -0.935. The molecule has 0 bridgehead atoms. The van der Waals surface area contributed by atoms with Gasteiger partial charge in [-0.25, -0.2) is 4.79 Å². The van der Waals surface area contributed by atoms with Crippen LogP contribution in [0.4, 0.5) is 0 Å². The number of nitrogens with zero attached hydrogens (tertiary/aromatic N) is 2. The lowest BCUT2D eigenvalue weighted by atomic mass is 10.1. The topological polar surface area (TPSA) is 64.4 Å². The van der Waals surface area contributed by atoms with Gasteiger partial charge in [-0.15, -0.1) is 0 Å². The molecule has 19 heavy (non-hydrogen) atoms. The Bertz CT molecular complexity index is 590. The van der Waals surface area contributed by atoms with E-state index in [1.807, 2.05) is 13.2 Å². The number of hydrogen-bond donors (Lipinski definition) is 1. The average Bonchev–Trinajstić information content (AvgIpc) is 2.77. The number of ether oxygens (including phenoxy) is 1. The largest absolute Gasteiger partial charge is 0.493 e. The minimum absolute atomic E-state index is 0.277. The standard InChI is InChI=1S/C14H16N2O3/c1-10-12(14(17)18)4-3-5-13(10)19-7-6-11-8-15-16(2)9-11/h3-5,8-9H,6-7H2,1-2H3,(H,17,18). The fourth-order valence-electron chi connectivity index (χ4n) is 1.88. The van der Waals surface area contributed by atoms with Gasteiger partial charge >= 0.3 is 5.97 Å². The molecule has 1 aromatic carbocycles. The monoisotopic (exact) mass is 260 g/mol. The van der Waals surface area contributed by atoms with Gasteiger partial charge in [-0.05, 0) is 24.6 Å². The van der Waals surface area contributed by atoms with Crippen molar-refractivity contribution in [2.75, 3.05) is 6.61 Å². The fraction of sp³-hybridized carbons (Fsp3) is 0.286. The van der Waals surface area contributed by atoms with Gasteiger partial charge in [0.2, 0.25) is 0 Å². The van der Waals surface area contributed by atoms with Crippen molar-refractivity contribution in [2.45, 2.75) is 13.3 Å². The summed E-state index contributed by atoms with van der Waals surface area (Å²) in [5, 5.41) is 13.1. The summed E-state index contributed by atoms with van der Waals surface area (Å²) in [6, 6.07) is 5.05. The zero-order valence-electron chi connectivity index (χ0n) is 11.0. The summed E-state index contributed by atoms with van der Waals surface area (Å²) in [5.41, 5.74) is 2.02. The quantitative estimate of drug-likeness (QED) is 0.893. The molecule has 0 aliphatic heterocycles. The Morgan fingerprint density at radius 1 is 1.47 bits per heavy atom. The molecule has 1 heterocycles. The highest BCUT2D eigenvalue weighted by Gasteiger charge is 2.10. The molecule has 100 valence electrons. The average molecular weight is 260 g/mol. The second-order valence-electron chi connectivity index (χ2n) is 4.35. The fourth-order valence-corrected chi connectivity index (χ4v) is 1.88. The van der Waals surface area contributed by atoms with Crippen molar-refractivity contribution >= 4 is 5.97 Å². The summed E-state index contributed by atoms with van der Waals surface area (Å²) < 4.78 is 7.38. The molecule has 2 rings (SSSR count). The highest BCUT2D eigenvalue weighted by molar-refractivity contribution is 5.90. The molecule has 0 aliphatic carbocycles. The number of benzene rings is 1. The smallest absolute Gasteiger partial charge is 0.336 e. The van der Waals surface area contributed by atoms with Crippen LogP contribution in [0, 0.1) is 6.92 Å². The molecular formula is C14H16N2O3. The summed E-state index contributed by atoms with van der Waals surface area (Å²) >= 11 is 0. The van der Waals surface area contributed by atoms with Gasteiger partial charge < -0.3 is 9.84 Å². The molecule has 0 spiro atoms. The predicted molar refractivity (Wildman–Crippen MR) is 70.5 cm³/mol. The van der Waals surface area contributed by atoms with Crippen molar-refractivity contribution in [3.8, 4) is 5.75 Å². The maximum atomic E-state index is 11.0. The van der Waals surface area contributed by atoms with Crippen molar-refractivity contribution in [3.05, 3.63) is 47.3 Å². The van der Waals surface area contributed by atoms with Crippen molar-refractivity contribution in [1.82, 2.24) is 9.78 Å². The van der Waals surface area contributed by atoms with E-state index < -0.39 is 5.97 Å². The van der Waals surface area contributed by atoms with E-state index in [1.54, 1.807) is 36.0 Å². The van der Waals surface area contributed by atoms with Crippen molar-refractivity contribution in [1.29, 1.82) is 0 Å². The van der Waals surface area contributed by atoms with E-state index in [0.717, 1.165) is 12.0 Å². The molecule has 0 fully saturated rings. The van der Waals surface area contributed by atoms with Crippen LogP contribution in [0.1, 0.15) is 21.5 Å². The molecule has 0 saturated heterocycles. The third kappa shape index (κ3) is 3.13. The Labute approximate surface area is 111 Å². The van der Waals surface area contributed by atoms with E-state index >= 15 is 0 Å². The number of hydrogen-bond acceptors (Lipinski definition) is 3. The molecule has 5 heteroatoms. The molecule has 0 amide bonds. The Morgan fingerprint density at radius 3 is 2.89 bits per heavy atom. The third-order valence-electron chi connectivity index (χ3n) is 2.92. The zero-order chi connectivity index (χ0) is 13.8. The zero-order valence-corrected chi connectivity index (χ0v) is 11.0. The summed E-state index contributed by atoms with van der Waals surface area (Å²) in [4.78, 5) is 11.0. The molecule has 1 aromatic heterocycles. The lowest BCUT2D eigenvalue weighted by molar-refractivity contribution is 0.0695. The lowest BCUT2D eigenvalue weighted by Crippen LogP contribution is -2.05. The van der Waals surface area contributed by atoms with E-state index in [9.17, 15) is 4.79 Å². The Morgan fingerprint density at radius 2 is 2.26 bits per heavy atom. The first kappa shape index (κ1) is 13.1. The molecule has 2 aromatic rings. The number of carboxylic acids is 1. The lowest BCUT2D eigenvalue weighted by Gasteiger charge is -2.10. The molecule has 0 atom stereocenters. The number of aryl methyl sites for hydroxylation is 1. The van der Waals surface area contributed by atoms with E-state index in [1.165, 1.54) is 0 Å². The maximum Gasteiger partial charge on any atom is 0.336 e. The van der Waals surface area contributed by atoms with Gasteiger partial charge in [-0.3, -0.25) is 4.68 Å². The van der Waals surface area contributed by atoms with E-state index in [2.05, 4.69) is 5.10 Å². The third-order valence-corrected chi connectivity index (χ3v) is 2.92. The van der Waals surface area contributed by atoms with Crippen LogP contribution in [0.15, 0.2) is 30.6 Å². The summed E-state index contributed by atoms with van der Waals surface area (Å²) in [6.45, 7) is 2.25. The maximum absolute atomic E-state index is 11.0. The van der Waals surface area contributed by atoms with Gasteiger partial charge in [0, 0.05) is 25.2 Å². The number of rotatable bonds is 5. The van der Waals surface area contributed by atoms with Crippen LogP contribution < -0.4 is 4.74 Å². The normalized spacial score (nSPS) is 10.4. The highest BCUT2D eigenvalue weighted by atomic mass is 16.5. The van der Waals surface area contributed by atoms with Crippen LogP contribution in [-0.2, 0) is 13.5 Å². The highest BCUT2D eigenvalue weighted by Crippen LogP contribution is 2.21. The van der Waals surface area contributed by atoms with Crippen molar-refractivity contribution < 1.29 is 14.6 Å². The molecular weight excluding hydrogens is 244 g/mol. The number of aromatic nitrogens is 2. The Kier molecular flexibility index (Phi) is 3.85. The van der Waals surface area contributed by atoms with Crippen LogP contribution in [-0.4, -0.2) is 27.5 Å². The first-order valence-corrected chi connectivity index (χ1v) is 6.01. The number of aromatic carboxylic acids is 1.